The van der Waals surface area contributed by atoms with Gasteiger partial charge in [0.05, 0.1) is 12.5 Å². The molecule has 0 aliphatic carbocycles. The number of rotatable bonds is 5. The van der Waals surface area contributed by atoms with Crippen molar-refractivity contribution >= 4 is 11.8 Å². The number of nitrogens with zero attached hydrogens (tertiary/aromatic N) is 1. The van der Waals surface area contributed by atoms with E-state index in [1.807, 2.05) is 0 Å². The van der Waals surface area contributed by atoms with Crippen molar-refractivity contribution < 1.29 is 4.74 Å². The fourth-order valence-electron chi connectivity index (χ4n) is 1.27. The van der Waals surface area contributed by atoms with Gasteiger partial charge in [0.25, 0.3) is 0 Å². The molecule has 12 heavy (non-hydrogen) atoms. The standard InChI is InChI=1S/C8H18N2OS/c1-12-8-11-7-6-10-4-2-9-3-5-10/h9H,2-8H2,1H3. The molecular weight excluding hydrogens is 172 g/mol. The first kappa shape index (κ1) is 10.3. The van der Waals surface area contributed by atoms with E-state index >= 15 is 0 Å². The SMILES string of the molecule is CSCOCCN1CCNCC1. The highest BCUT2D eigenvalue weighted by Gasteiger charge is 2.07. The monoisotopic (exact) mass is 190 g/mol. The summed E-state index contributed by atoms with van der Waals surface area (Å²) in [7, 11) is 0. The van der Waals surface area contributed by atoms with E-state index in [1.165, 1.54) is 13.1 Å². The average Bonchev–Trinajstić information content (AvgIpc) is 2.14. The molecule has 0 atom stereocenters. The third-order valence-electron chi connectivity index (χ3n) is 1.96. The maximum Gasteiger partial charge on any atom is 0.0918 e. The van der Waals surface area contributed by atoms with E-state index in [0.29, 0.717) is 0 Å². The maximum absolute atomic E-state index is 5.39. The molecule has 1 saturated heterocycles. The van der Waals surface area contributed by atoms with Gasteiger partial charge in [0.2, 0.25) is 0 Å². The van der Waals surface area contributed by atoms with Crippen molar-refractivity contribution in [3.8, 4) is 0 Å². The Labute approximate surface area is 78.8 Å². The quantitative estimate of drug-likeness (QED) is 0.495. The molecule has 0 aromatic rings. The van der Waals surface area contributed by atoms with Crippen molar-refractivity contribution in [2.45, 2.75) is 0 Å². The third-order valence-corrected chi connectivity index (χ3v) is 2.37. The molecule has 3 nitrogen and oxygen atoms in total. The molecule has 0 amide bonds. The van der Waals surface area contributed by atoms with Gasteiger partial charge in [0.1, 0.15) is 0 Å². The van der Waals surface area contributed by atoms with Crippen LogP contribution in [0.5, 0.6) is 0 Å². The van der Waals surface area contributed by atoms with Gasteiger partial charge < -0.3 is 10.1 Å². The molecular formula is C8H18N2OS. The second-order valence-electron chi connectivity index (χ2n) is 2.91. The molecule has 1 rings (SSSR count). The minimum Gasteiger partial charge on any atom is -0.370 e. The fourth-order valence-corrected chi connectivity index (χ4v) is 1.56. The normalized spacial score (nSPS) is 19.8. The van der Waals surface area contributed by atoms with Crippen LogP contribution in [0.25, 0.3) is 0 Å². The average molecular weight is 190 g/mol. The highest BCUT2D eigenvalue weighted by molar-refractivity contribution is 7.98. The lowest BCUT2D eigenvalue weighted by Crippen LogP contribution is -2.44. The van der Waals surface area contributed by atoms with Gasteiger partial charge >= 0.3 is 0 Å². The lowest BCUT2D eigenvalue weighted by molar-refractivity contribution is 0.130. The number of hydrogen-bond donors (Lipinski definition) is 1. The summed E-state index contributed by atoms with van der Waals surface area (Å²) in [6.45, 7) is 6.55. The Morgan fingerprint density at radius 2 is 2.17 bits per heavy atom. The minimum absolute atomic E-state index is 0.825. The van der Waals surface area contributed by atoms with Crippen LogP contribution in [0.4, 0.5) is 0 Å². The number of thioether (sulfide) groups is 1. The van der Waals surface area contributed by atoms with Crippen LogP contribution >= 0.6 is 11.8 Å². The van der Waals surface area contributed by atoms with E-state index < -0.39 is 0 Å². The molecule has 0 aromatic carbocycles. The summed E-state index contributed by atoms with van der Waals surface area (Å²) in [5.74, 6) is 0.825. The molecule has 72 valence electrons. The topological polar surface area (TPSA) is 24.5 Å². The van der Waals surface area contributed by atoms with Gasteiger partial charge in [-0.05, 0) is 6.26 Å². The highest BCUT2D eigenvalue weighted by Crippen LogP contribution is 1.94. The molecule has 0 radical (unpaired) electrons. The van der Waals surface area contributed by atoms with Gasteiger partial charge in [0, 0.05) is 32.7 Å². The first-order valence-electron chi connectivity index (χ1n) is 4.43. The molecule has 0 spiro atoms. The molecule has 1 N–H and O–H groups in total. The Balaban J connectivity index is 1.91. The van der Waals surface area contributed by atoms with Crippen molar-refractivity contribution in [1.29, 1.82) is 0 Å². The van der Waals surface area contributed by atoms with Crippen LogP contribution in [-0.2, 0) is 4.74 Å². The van der Waals surface area contributed by atoms with Crippen molar-refractivity contribution in [3.63, 3.8) is 0 Å². The summed E-state index contributed by atoms with van der Waals surface area (Å²) in [6.07, 6.45) is 2.06. The van der Waals surface area contributed by atoms with Gasteiger partial charge in [-0.25, -0.2) is 0 Å². The summed E-state index contributed by atoms with van der Waals surface area (Å²) in [5.41, 5.74) is 0. The lowest BCUT2D eigenvalue weighted by atomic mass is 10.4. The molecule has 1 aliphatic heterocycles. The Hall–Kier alpha value is 0.230. The van der Waals surface area contributed by atoms with E-state index in [1.54, 1.807) is 11.8 Å². The van der Waals surface area contributed by atoms with Crippen LogP contribution in [-0.4, -0.2) is 56.4 Å². The first-order valence-corrected chi connectivity index (χ1v) is 5.82. The predicted octanol–water partition coefficient (Wildman–Crippen LogP) is 0.229. The zero-order valence-corrected chi connectivity index (χ0v) is 8.53. The van der Waals surface area contributed by atoms with Gasteiger partial charge in [-0.2, -0.15) is 0 Å². The highest BCUT2D eigenvalue weighted by atomic mass is 32.2. The Bertz CT molecular complexity index is 107. The van der Waals surface area contributed by atoms with E-state index in [9.17, 15) is 0 Å². The van der Waals surface area contributed by atoms with Crippen LogP contribution in [0.1, 0.15) is 0 Å². The first-order chi connectivity index (χ1) is 5.93. The van der Waals surface area contributed by atoms with Crippen LogP contribution < -0.4 is 5.32 Å². The van der Waals surface area contributed by atoms with Gasteiger partial charge in [0.15, 0.2) is 0 Å². The molecule has 1 fully saturated rings. The third kappa shape index (κ3) is 4.30. The zero-order chi connectivity index (χ0) is 8.65. The molecule has 0 bridgehead atoms. The van der Waals surface area contributed by atoms with E-state index in [2.05, 4.69) is 16.5 Å². The molecule has 0 saturated carbocycles. The smallest absolute Gasteiger partial charge is 0.0918 e. The molecule has 0 unspecified atom stereocenters. The number of ether oxygens (including phenoxy) is 1. The van der Waals surface area contributed by atoms with Gasteiger partial charge in [-0.3, -0.25) is 4.90 Å². The Morgan fingerprint density at radius 1 is 1.42 bits per heavy atom. The Morgan fingerprint density at radius 3 is 2.83 bits per heavy atom. The molecule has 1 aliphatic rings. The summed E-state index contributed by atoms with van der Waals surface area (Å²) in [5, 5.41) is 3.33. The maximum atomic E-state index is 5.39. The largest absolute Gasteiger partial charge is 0.370 e. The van der Waals surface area contributed by atoms with Gasteiger partial charge in [-0.1, -0.05) is 0 Å². The summed E-state index contributed by atoms with van der Waals surface area (Å²) in [4.78, 5) is 2.44. The predicted molar refractivity (Wildman–Crippen MR) is 53.6 cm³/mol. The van der Waals surface area contributed by atoms with Crippen LogP contribution in [0, 0.1) is 0 Å². The van der Waals surface area contributed by atoms with Crippen molar-refractivity contribution in [2.75, 3.05) is 51.5 Å². The van der Waals surface area contributed by atoms with Crippen molar-refractivity contribution in [3.05, 3.63) is 0 Å². The second-order valence-corrected chi connectivity index (χ2v) is 3.72. The van der Waals surface area contributed by atoms with Crippen molar-refractivity contribution in [1.82, 2.24) is 10.2 Å². The van der Waals surface area contributed by atoms with Crippen LogP contribution in [0.15, 0.2) is 0 Å². The second kappa shape index (κ2) is 6.71. The van der Waals surface area contributed by atoms with Crippen molar-refractivity contribution in [2.24, 2.45) is 0 Å². The lowest BCUT2D eigenvalue weighted by Gasteiger charge is -2.26. The van der Waals surface area contributed by atoms with Crippen LogP contribution in [0.2, 0.25) is 0 Å². The number of nitrogens with one attached hydrogen (secondary N) is 1. The van der Waals surface area contributed by atoms with E-state index in [0.717, 1.165) is 32.2 Å². The molecule has 1 heterocycles. The minimum atomic E-state index is 0.825. The number of hydrogen-bond acceptors (Lipinski definition) is 4. The fraction of sp³-hybridized carbons (Fsp3) is 1.00. The van der Waals surface area contributed by atoms with Gasteiger partial charge in [-0.15, -0.1) is 11.8 Å². The number of piperazine rings is 1. The summed E-state index contributed by atoms with van der Waals surface area (Å²) < 4.78 is 5.39. The summed E-state index contributed by atoms with van der Waals surface area (Å²) >= 11 is 1.74. The molecule has 0 aromatic heterocycles. The van der Waals surface area contributed by atoms with E-state index in [-0.39, 0.29) is 0 Å². The zero-order valence-electron chi connectivity index (χ0n) is 7.71. The Kier molecular flexibility index (Phi) is 5.77. The van der Waals surface area contributed by atoms with Crippen LogP contribution in [0.3, 0.4) is 0 Å². The van der Waals surface area contributed by atoms with E-state index in [4.69, 9.17) is 4.74 Å². The molecule has 4 heteroatoms. The summed E-state index contributed by atoms with van der Waals surface area (Å²) in [6, 6.07) is 0.